The Labute approximate surface area is 127 Å². The summed E-state index contributed by atoms with van der Waals surface area (Å²) < 4.78 is 5.06. The number of carbonyl (C=O) groups excluding carboxylic acids is 1. The number of hydrogen-bond donors (Lipinski definition) is 2. The van der Waals surface area contributed by atoms with E-state index in [2.05, 4.69) is 19.2 Å². The molecule has 2 N–H and O–H groups in total. The highest BCUT2D eigenvalue weighted by atomic mass is 16.5. The minimum Gasteiger partial charge on any atom is -0.481 e. The number of methoxy groups -OCH3 is 1. The molecule has 6 heteroatoms. The van der Waals surface area contributed by atoms with Gasteiger partial charge in [-0.15, -0.1) is 0 Å². The van der Waals surface area contributed by atoms with Crippen LogP contribution in [0.25, 0.3) is 0 Å². The van der Waals surface area contributed by atoms with E-state index in [1.807, 2.05) is 6.92 Å². The zero-order valence-corrected chi connectivity index (χ0v) is 13.7. The number of ether oxygens (including phenoxy) is 1. The van der Waals surface area contributed by atoms with Crippen LogP contribution in [0.4, 0.5) is 4.79 Å². The monoisotopic (exact) mass is 302 g/mol. The highest BCUT2D eigenvalue weighted by Gasteiger charge is 2.21. The predicted octanol–water partition coefficient (Wildman–Crippen LogP) is 2.33. The molecule has 0 saturated carbocycles. The first kappa shape index (κ1) is 19.7. The number of aliphatic carboxylic acids is 1. The summed E-state index contributed by atoms with van der Waals surface area (Å²) in [6.45, 7) is 7.48. The number of carboxylic acids is 1. The molecule has 124 valence electrons. The second kappa shape index (κ2) is 11.4. The lowest BCUT2D eigenvalue weighted by atomic mass is 10.0. The smallest absolute Gasteiger partial charge is 0.317 e. The fourth-order valence-electron chi connectivity index (χ4n) is 2.31. The second-order valence-electron chi connectivity index (χ2n) is 5.21. The predicted molar refractivity (Wildman–Crippen MR) is 82.4 cm³/mol. The van der Waals surface area contributed by atoms with Crippen LogP contribution in [0.3, 0.4) is 0 Å². The van der Waals surface area contributed by atoms with Crippen molar-refractivity contribution in [2.24, 2.45) is 5.92 Å². The summed E-state index contributed by atoms with van der Waals surface area (Å²) in [5.41, 5.74) is 0. The third-order valence-corrected chi connectivity index (χ3v) is 3.76. The third-order valence-electron chi connectivity index (χ3n) is 3.76. The quantitative estimate of drug-likeness (QED) is 0.614. The largest absolute Gasteiger partial charge is 0.481 e. The number of nitrogens with zero attached hydrogens (tertiary/aromatic N) is 1. The van der Waals surface area contributed by atoms with Gasteiger partial charge in [0, 0.05) is 32.7 Å². The second-order valence-corrected chi connectivity index (χ2v) is 5.21. The normalized spacial score (nSPS) is 12.2. The Morgan fingerprint density at radius 2 is 1.81 bits per heavy atom. The van der Waals surface area contributed by atoms with Crippen LogP contribution in [-0.4, -0.2) is 54.9 Å². The van der Waals surface area contributed by atoms with E-state index in [1.165, 1.54) is 0 Å². The molecule has 0 bridgehead atoms. The number of urea groups is 1. The van der Waals surface area contributed by atoms with E-state index in [-0.39, 0.29) is 24.4 Å². The third kappa shape index (κ3) is 7.90. The first-order valence-electron chi connectivity index (χ1n) is 7.75. The average molecular weight is 302 g/mol. The van der Waals surface area contributed by atoms with Crippen molar-refractivity contribution in [3.05, 3.63) is 0 Å². The van der Waals surface area contributed by atoms with Crippen LogP contribution in [0.1, 0.15) is 46.5 Å². The zero-order chi connectivity index (χ0) is 16.3. The van der Waals surface area contributed by atoms with Crippen LogP contribution in [0.5, 0.6) is 0 Å². The van der Waals surface area contributed by atoms with Gasteiger partial charge >= 0.3 is 12.0 Å². The molecular weight excluding hydrogens is 272 g/mol. The van der Waals surface area contributed by atoms with Crippen LogP contribution < -0.4 is 5.32 Å². The van der Waals surface area contributed by atoms with E-state index in [0.29, 0.717) is 19.7 Å². The summed E-state index contributed by atoms with van der Waals surface area (Å²) in [4.78, 5) is 24.9. The Hall–Kier alpha value is -1.30. The summed E-state index contributed by atoms with van der Waals surface area (Å²) in [6, 6.07) is 0.0456. The summed E-state index contributed by atoms with van der Waals surface area (Å²) in [6.07, 6.45) is 2.59. The Bertz CT molecular complexity index is 306. The van der Waals surface area contributed by atoms with E-state index in [9.17, 15) is 9.59 Å². The fraction of sp³-hybridized carbons (Fsp3) is 0.867. The molecule has 0 aliphatic carbocycles. The van der Waals surface area contributed by atoms with Gasteiger partial charge in [-0.1, -0.05) is 27.2 Å². The Morgan fingerprint density at radius 1 is 1.19 bits per heavy atom. The van der Waals surface area contributed by atoms with Gasteiger partial charge in [-0.3, -0.25) is 4.79 Å². The molecule has 21 heavy (non-hydrogen) atoms. The highest BCUT2D eigenvalue weighted by Crippen LogP contribution is 2.10. The lowest BCUT2D eigenvalue weighted by molar-refractivity contribution is -0.138. The van der Waals surface area contributed by atoms with E-state index in [4.69, 9.17) is 9.84 Å². The van der Waals surface area contributed by atoms with Gasteiger partial charge in [0.1, 0.15) is 0 Å². The van der Waals surface area contributed by atoms with Crippen LogP contribution >= 0.6 is 0 Å². The standard InChI is InChI=1S/C15H30N2O4/c1-5-12(10-14(18)19)11-16-15(20)17(8-9-21-4)13(6-2)7-3/h12-13H,5-11H2,1-4H3,(H,16,20)(H,18,19). The molecule has 0 heterocycles. The Kier molecular flexibility index (Phi) is 10.7. The summed E-state index contributed by atoms with van der Waals surface area (Å²) in [5.74, 6) is -0.857. The lowest BCUT2D eigenvalue weighted by Crippen LogP contribution is -2.48. The van der Waals surface area contributed by atoms with Crippen LogP contribution in [0.2, 0.25) is 0 Å². The van der Waals surface area contributed by atoms with Crippen LogP contribution in [0.15, 0.2) is 0 Å². The van der Waals surface area contributed by atoms with E-state index >= 15 is 0 Å². The molecule has 0 aromatic carbocycles. The maximum atomic E-state index is 12.3. The van der Waals surface area contributed by atoms with Crippen molar-refractivity contribution in [1.29, 1.82) is 0 Å². The number of hydrogen-bond acceptors (Lipinski definition) is 3. The molecule has 1 unspecified atom stereocenters. The Balaban J connectivity index is 4.54. The van der Waals surface area contributed by atoms with E-state index in [0.717, 1.165) is 19.3 Å². The lowest BCUT2D eigenvalue weighted by Gasteiger charge is -2.31. The summed E-state index contributed by atoms with van der Waals surface area (Å²) in [7, 11) is 1.61. The maximum absolute atomic E-state index is 12.3. The number of carbonyl (C=O) groups is 2. The average Bonchev–Trinajstić information content (AvgIpc) is 2.47. The van der Waals surface area contributed by atoms with Crippen molar-refractivity contribution < 1.29 is 19.4 Å². The van der Waals surface area contributed by atoms with Gasteiger partial charge in [-0.05, 0) is 18.8 Å². The van der Waals surface area contributed by atoms with Gasteiger partial charge in [0.25, 0.3) is 0 Å². The van der Waals surface area contributed by atoms with Crippen molar-refractivity contribution >= 4 is 12.0 Å². The summed E-state index contributed by atoms with van der Waals surface area (Å²) >= 11 is 0. The van der Waals surface area contributed by atoms with Crippen LogP contribution in [-0.2, 0) is 9.53 Å². The molecule has 2 amide bonds. The minimum absolute atomic E-state index is 0.0302. The first-order chi connectivity index (χ1) is 9.99. The molecule has 1 atom stereocenters. The zero-order valence-electron chi connectivity index (χ0n) is 13.7. The molecule has 0 rings (SSSR count). The number of carboxylic acid groups (broad SMARTS) is 1. The molecule has 0 spiro atoms. The molecule has 0 fully saturated rings. The molecule has 0 radical (unpaired) electrons. The highest BCUT2D eigenvalue weighted by molar-refractivity contribution is 5.74. The summed E-state index contributed by atoms with van der Waals surface area (Å²) in [5, 5.41) is 11.7. The van der Waals surface area contributed by atoms with Gasteiger partial charge in [0.05, 0.1) is 6.61 Å². The minimum atomic E-state index is -0.827. The topological polar surface area (TPSA) is 78.9 Å². The van der Waals surface area contributed by atoms with Crippen molar-refractivity contribution in [2.75, 3.05) is 26.8 Å². The van der Waals surface area contributed by atoms with Gasteiger partial charge in [-0.25, -0.2) is 4.79 Å². The van der Waals surface area contributed by atoms with Gasteiger partial charge in [0.15, 0.2) is 0 Å². The van der Waals surface area contributed by atoms with Crippen molar-refractivity contribution in [3.63, 3.8) is 0 Å². The van der Waals surface area contributed by atoms with Crippen molar-refractivity contribution in [3.8, 4) is 0 Å². The van der Waals surface area contributed by atoms with Gasteiger partial charge in [-0.2, -0.15) is 0 Å². The maximum Gasteiger partial charge on any atom is 0.317 e. The fourth-order valence-corrected chi connectivity index (χ4v) is 2.31. The molecular formula is C15H30N2O4. The molecule has 0 aromatic heterocycles. The number of rotatable bonds is 11. The van der Waals surface area contributed by atoms with E-state index in [1.54, 1.807) is 12.0 Å². The number of amides is 2. The number of nitrogens with one attached hydrogen (secondary N) is 1. The SMILES string of the molecule is CCC(CNC(=O)N(CCOC)C(CC)CC)CC(=O)O. The Morgan fingerprint density at radius 3 is 2.24 bits per heavy atom. The van der Waals surface area contributed by atoms with Crippen LogP contribution in [0, 0.1) is 5.92 Å². The molecule has 0 aliphatic rings. The van der Waals surface area contributed by atoms with Crippen molar-refractivity contribution in [1.82, 2.24) is 10.2 Å². The molecule has 0 saturated heterocycles. The molecule has 0 aromatic rings. The van der Waals surface area contributed by atoms with Crippen molar-refractivity contribution in [2.45, 2.75) is 52.5 Å². The van der Waals surface area contributed by atoms with Gasteiger partial charge < -0.3 is 20.1 Å². The van der Waals surface area contributed by atoms with Gasteiger partial charge in [0.2, 0.25) is 0 Å². The first-order valence-corrected chi connectivity index (χ1v) is 7.75. The molecule has 0 aliphatic heterocycles. The molecule has 6 nitrogen and oxygen atoms in total. The van der Waals surface area contributed by atoms with E-state index < -0.39 is 5.97 Å².